The maximum Gasteiger partial charge on any atom is 0.303 e. The number of carbonyl (C=O) groups excluding carboxylic acids is 2. The molecular formula is C19H20O6. The maximum atomic E-state index is 12.7. The van der Waals surface area contributed by atoms with Crippen molar-refractivity contribution in [3.8, 4) is 0 Å². The standard InChI is InChI=1S/C19H20O6/c1-11-14(17(23)19(25-3)18(24-2)16(11)22)10-13-7-5-4-6-12(13)8-9-15(20)21/h4-7H,8-10H2,1-3H3,(H,20,21). The van der Waals surface area contributed by atoms with Gasteiger partial charge in [-0.3, -0.25) is 14.4 Å². The number of carboxylic acids is 1. The van der Waals surface area contributed by atoms with E-state index < -0.39 is 5.97 Å². The van der Waals surface area contributed by atoms with E-state index in [1.807, 2.05) is 24.3 Å². The van der Waals surface area contributed by atoms with Gasteiger partial charge in [0.2, 0.25) is 23.1 Å². The van der Waals surface area contributed by atoms with Gasteiger partial charge in [-0.15, -0.1) is 0 Å². The van der Waals surface area contributed by atoms with Gasteiger partial charge in [0.25, 0.3) is 0 Å². The number of carbonyl (C=O) groups is 3. The summed E-state index contributed by atoms with van der Waals surface area (Å²) in [5, 5.41) is 8.88. The molecule has 0 spiro atoms. The molecule has 132 valence electrons. The van der Waals surface area contributed by atoms with Gasteiger partial charge in [-0.2, -0.15) is 0 Å². The van der Waals surface area contributed by atoms with Gasteiger partial charge >= 0.3 is 5.97 Å². The average Bonchev–Trinajstić information content (AvgIpc) is 2.60. The third kappa shape index (κ3) is 3.79. The third-order valence-corrected chi connectivity index (χ3v) is 4.19. The first kappa shape index (κ1) is 18.4. The van der Waals surface area contributed by atoms with E-state index in [9.17, 15) is 14.4 Å². The molecule has 1 aliphatic rings. The van der Waals surface area contributed by atoms with Crippen LogP contribution in [0, 0.1) is 0 Å². The number of allylic oxidation sites excluding steroid dienone is 2. The van der Waals surface area contributed by atoms with E-state index in [1.54, 1.807) is 6.92 Å². The lowest BCUT2D eigenvalue weighted by atomic mass is 9.87. The van der Waals surface area contributed by atoms with Gasteiger partial charge in [-0.05, 0) is 24.5 Å². The molecule has 0 bridgehead atoms. The number of rotatable bonds is 7. The van der Waals surface area contributed by atoms with Crippen molar-refractivity contribution >= 4 is 17.5 Å². The monoisotopic (exact) mass is 344 g/mol. The summed E-state index contributed by atoms with van der Waals surface area (Å²) < 4.78 is 10.1. The molecule has 0 amide bonds. The average molecular weight is 344 g/mol. The quantitative estimate of drug-likeness (QED) is 0.763. The molecule has 6 heteroatoms. The number of benzene rings is 1. The summed E-state index contributed by atoms with van der Waals surface area (Å²) in [4.78, 5) is 35.9. The zero-order valence-electron chi connectivity index (χ0n) is 14.4. The van der Waals surface area contributed by atoms with Crippen LogP contribution in [0.2, 0.25) is 0 Å². The van der Waals surface area contributed by atoms with Gasteiger partial charge in [0, 0.05) is 24.0 Å². The molecule has 0 atom stereocenters. The van der Waals surface area contributed by atoms with Gasteiger partial charge in [0.05, 0.1) is 14.2 Å². The van der Waals surface area contributed by atoms with Gasteiger partial charge < -0.3 is 14.6 Å². The first-order valence-electron chi connectivity index (χ1n) is 7.80. The maximum absolute atomic E-state index is 12.7. The topological polar surface area (TPSA) is 89.9 Å². The largest absolute Gasteiger partial charge is 0.489 e. The van der Waals surface area contributed by atoms with Gasteiger partial charge in [-0.25, -0.2) is 0 Å². The predicted molar refractivity (Wildman–Crippen MR) is 89.9 cm³/mol. The van der Waals surface area contributed by atoms with Crippen molar-refractivity contribution in [2.24, 2.45) is 0 Å². The van der Waals surface area contributed by atoms with Crippen LogP contribution in [-0.4, -0.2) is 36.9 Å². The van der Waals surface area contributed by atoms with Gasteiger partial charge in [0.15, 0.2) is 0 Å². The van der Waals surface area contributed by atoms with Crippen molar-refractivity contribution < 1.29 is 29.0 Å². The number of methoxy groups -OCH3 is 2. The summed E-state index contributed by atoms with van der Waals surface area (Å²) in [7, 11) is 2.64. The molecule has 1 aromatic rings. The molecule has 25 heavy (non-hydrogen) atoms. The van der Waals surface area contributed by atoms with Crippen LogP contribution in [0.3, 0.4) is 0 Å². The summed E-state index contributed by atoms with van der Waals surface area (Å²) >= 11 is 0. The minimum absolute atomic E-state index is 0.00102. The number of ketones is 2. The molecule has 0 saturated heterocycles. The zero-order chi connectivity index (χ0) is 18.6. The Bertz CT molecular complexity index is 785. The molecule has 0 saturated carbocycles. The number of hydrogen-bond acceptors (Lipinski definition) is 5. The molecule has 1 N–H and O–H groups in total. The van der Waals surface area contributed by atoms with Crippen LogP contribution in [0.25, 0.3) is 0 Å². The lowest BCUT2D eigenvalue weighted by Gasteiger charge is -2.21. The van der Waals surface area contributed by atoms with Gasteiger partial charge in [0.1, 0.15) is 0 Å². The fraction of sp³-hybridized carbons (Fsp3) is 0.316. The fourth-order valence-corrected chi connectivity index (χ4v) is 2.81. The second kappa shape index (κ2) is 7.79. The SMILES string of the molecule is COC1=C(OC)C(=O)C(Cc2ccccc2CCC(=O)O)=C(C)C1=O. The van der Waals surface area contributed by atoms with E-state index in [0.29, 0.717) is 17.6 Å². The summed E-state index contributed by atoms with van der Waals surface area (Å²) in [6.45, 7) is 1.58. The number of aliphatic carboxylic acids is 1. The Morgan fingerprint density at radius 3 is 2.12 bits per heavy atom. The number of ether oxygens (including phenoxy) is 2. The van der Waals surface area contributed by atoms with Crippen LogP contribution in [0.4, 0.5) is 0 Å². The number of aryl methyl sites for hydroxylation is 1. The van der Waals surface area contributed by atoms with E-state index in [-0.39, 0.29) is 35.9 Å². The van der Waals surface area contributed by atoms with E-state index in [1.165, 1.54) is 14.2 Å². The van der Waals surface area contributed by atoms with Crippen molar-refractivity contribution in [3.05, 3.63) is 58.1 Å². The number of Topliss-reactive ketones (excluding diaryl/α,β-unsaturated/α-hetero) is 2. The molecule has 0 aromatic heterocycles. The van der Waals surface area contributed by atoms with Crippen LogP contribution in [0.1, 0.15) is 24.5 Å². The zero-order valence-corrected chi connectivity index (χ0v) is 14.4. The molecule has 0 unspecified atom stereocenters. The Labute approximate surface area is 145 Å². The lowest BCUT2D eigenvalue weighted by Crippen LogP contribution is -2.26. The molecule has 0 heterocycles. The van der Waals surface area contributed by atoms with Crippen LogP contribution in [-0.2, 0) is 36.7 Å². The van der Waals surface area contributed by atoms with Crippen LogP contribution in [0.15, 0.2) is 46.9 Å². The Morgan fingerprint density at radius 1 is 1.00 bits per heavy atom. The van der Waals surface area contributed by atoms with Crippen molar-refractivity contribution in [2.75, 3.05) is 14.2 Å². The summed E-state index contributed by atoms with van der Waals surface area (Å²) in [6, 6.07) is 7.30. The van der Waals surface area contributed by atoms with E-state index in [0.717, 1.165) is 11.1 Å². The smallest absolute Gasteiger partial charge is 0.303 e. The van der Waals surface area contributed by atoms with Crippen molar-refractivity contribution in [2.45, 2.75) is 26.2 Å². The molecule has 6 nitrogen and oxygen atoms in total. The summed E-state index contributed by atoms with van der Waals surface area (Å²) in [5.41, 5.74) is 2.31. The van der Waals surface area contributed by atoms with Crippen LogP contribution < -0.4 is 0 Å². The van der Waals surface area contributed by atoms with Crippen LogP contribution in [0.5, 0.6) is 0 Å². The first-order chi connectivity index (χ1) is 11.9. The molecule has 0 radical (unpaired) electrons. The molecule has 2 rings (SSSR count). The minimum atomic E-state index is -0.886. The van der Waals surface area contributed by atoms with Gasteiger partial charge in [-0.1, -0.05) is 24.3 Å². The highest BCUT2D eigenvalue weighted by atomic mass is 16.5. The van der Waals surface area contributed by atoms with E-state index >= 15 is 0 Å². The third-order valence-electron chi connectivity index (χ3n) is 4.19. The van der Waals surface area contributed by atoms with E-state index in [2.05, 4.69) is 0 Å². The van der Waals surface area contributed by atoms with Crippen LogP contribution >= 0.6 is 0 Å². The van der Waals surface area contributed by atoms with E-state index in [4.69, 9.17) is 14.6 Å². The Hall–Kier alpha value is -2.89. The molecule has 0 aliphatic heterocycles. The first-order valence-corrected chi connectivity index (χ1v) is 7.80. The van der Waals surface area contributed by atoms with Crippen molar-refractivity contribution in [1.29, 1.82) is 0 Å². The fourth-order valence-electron chi connectivity index (χ4n) is 2.81. The second-order valence-electron chi connectivity index (χ2n) is 5.67. The number of carboxylic acid groups (broad SMARTS) is 1. The highest BCUT2D eigenvalue weighted by Crippen LogP contribution is 2.28. The molecule has 0 fully saturated rings. The van der Waals surface area contributed by atoms with Crippen molar-refractivity contribution in [3.63, 3.8) is 0 Å². The Kier molecular flexibility index (Phi) is 5.75. The molecule has 1 aliphatic carbocycles. The van der Waals surface area contributed by atoms with Crippen molar-refractivity contribution in [1.82, 2.24) is 0 Å². The second-order valence-corrected chi connectivity index (χ2v) is 5.67. The Balaban J connectivity index is 2.37. The Morgan fingerprint density at radius 2 is 1.56 bits per heavy atom. The lowest BCUT2D eigenvalue weighted by molar-refractivity contribution is -0.137. The normalized spacial score (nSPS) is 14.8. The highest BCUT2D eigenvalue weighted by molar-refractivity contribution is 6.23. The molecule has 1 aromatic carbocycles. The highest BCUT2D eigenvalue weighted by Gasteiger charge is 2.34. The minimum Gasteiger partial charge on any atom is -0.489 e. The number of hydrogen-bond donors (Lipinski definition) is 1. The summed E-state index contributed by atoms with van der Waals surface area (Å²) in [5.74, 6) is -1.84. The molecular weight excluding hydrogens is 324 g/mol. The predicted octanol–water partition coefficient (Wildman–Crippen LogP) is 2.22. The summed E-state index contributed by atoms with van der Waals surface area (Å²) in [6.07, 6.45) is 0.589.